The zero-order chi connectivity index (χ0) is 11.4. The summed E-state index contributed by atoms with van der Waals surface area (Å²) in [6.45, 7) is 0. The van der Waals surface area contributed by atoms with Gasteiger partial charge in [-0.2, -0.15) is 0 Å². The third kappa shape index (κ3) is 2.45. The molecule has 0 amide bonds. The van der Waals surface area contributed by atoms with Crippen LogP contribution in [0.5, 0.6) is 0 Å². The second-order valence-corrected chi connectivity index (χ2v) is 3.46. The number of hydrogen-bond acceptors (Lipinski definition) is 2. The number of benzene rings is 1. The zero-order valence-corrected chi connectivity index (χ0v) is 8.63. The lowest BCUT2D eigenvalue weighted by Crippen LogP contribution is -1.89. The molecule has 0 bridgehead atoms. The molecule has 0 aliphatic carbocycles. The molecule has 0 unspecified atom stereocenters. The number of carboxylic acids is 1. The van der Waals surface area contributed by atoms with Crippen LogP contribution in [0.25, 0.3) is 17.0 Å². The van der Waals surface area contributed by atoms with E-state index < -0.39 is 5.97 Å². The van der Waals surface area contributed by atoms with Crippen molar-refractivity contribution in [2.45, 2.75) is 6.42 Å². The quantitative estimate of drug-likeness (QED) is 0.852. The molecule has 1 N–H and O–H groups in total. The van der Waals surface area contributed by atoms with Gasteiger partial charge in [-0.15, -0.1) is 0 Å². The molecule has 3 heteroatoms. The van der Waals surface area contributed by atoms with Crippen LogP contribution in [0.15, 0.2) is 42.6 Å². The van der Waals surface area contributed by atoms with Crippen LogP contribution in [-0.2, 0) is 4.79 Å². The first-order valence-electron chi connectivity index (χ1n) is 4.99. The maximum Gasteiger partial charge on any atom is 0.307 e. The van der Waals surface area contributed by atoms with E-state index in [1.54, 1.807) is 18.3 Å². The molecule has 1 heterocycles. The fraction of sp³-hybridized carbons (Fsp3) is 0.0769. The second-order valence-electron chi connectivity index (χ2n) is 3.46. The summed E-state index contributed by atoms with van der Waals surface area (Å²) in [5.74, 6) is -0.829. The predicted octanol–water partition coefficient (Wildman–Crippen LogP) is 2.72. The standard InChI is InChI=1S/C13H11NO2/c15-13(16)7-3-4-10-8-11-5-1-2-6-12(11)14-9-10/h1-6,8-9H,7H2,(H,15,16). The van der Waals surface area contributed by atoms with Gasteiger partial charge in [0.2, 0.25) is 0 Å². The summed E-state index contributed by atoms with van der Waals surface area (Å²) in [4.78, 5) is 14.6. The van der Waals surface area contributed by atoms with Gasteiger partial charge in [-0.05, 0) is 17.7 Å². The van der Waals surface area contributed by atoms with Crippen LogP contribution in [0, 0.1) is 0 Å². The van der Waals surface area contributed by atoms with Crippen molar-refractivity contribution < 1.29 is 9.90 Å². The Morgan fingerprint density at radius 2 is 2.19 bits per heavy atom. The Labute approximate surface area is 93.1 Å². The maximum atomic E-state index is 10.3. The van der Waals surface area contributed by atoms with E-state index in [1.165, 1.54) is 0 Å². The highest BCUT2D eigenvalue weighted by Gasteiger charge is 1.95. The van der Waals surface area contributed by atoms with Crippen molar-refractivity contribution in [3.8, 4) is 0 Å². The Balaban J connectivity index is 2.26. The Bertz CT molecular complexity index is 546. The van der Waals surface area contributed by atoms with E-state index in [1.807, 2.05) is 30.3 Å². The van der Waals surface area contributed by atoms with E-state index >= 15 is 0 Å². The molecule has 2 aromatic rings. The molecule has 0 aliphatic rings. The molecule has 0 fully saturated rings. The van der Waals surface area contributed by atoms with Gasteiger partial charge in [0, 0.05) is 11.6 Å². The topological polar surface area (TPSA) is 50.2 Å². The highest BCUT2D eigenvalue weighted by Crippen LogP contribution is 2.13. The third-order valence-electron chi connectivity index (χ3n) is 2.21. The van der Waals surface area contributed by atoms with E-state index in [0.29, 0.717) is 0 Å². The Morgan fingerprint density at radius 3 is 3.00 bits per heavy atom. The molecule has 0 spiro atoms. The fourth-order valence-electron chi connectivity index (χ4n) is 1.48. The molecule has 0 saturated carbocycles. The number of rotatable bonds is 3. The Hall–Kier alpha value is -2.16. The first-order valence-corrected chi connectivity index (χ1v) is 4.99. The molecule has 0 aliphatic heterocycles. The number of hydrogen-bond donors (Lipinski definition) is 1. The molecular weight excluding hydrogens is 202 g/mol. The summed E-state index contributed by atoms with van der Waals surface area (Å²) in [5, 5.41) is 9.55. The van der Waals surface area contributed by atoms with Crippen LogP contribution in [0.4, 0.5) is 0 Å². The number of nitrogens with zero attached hydrogens (tertiary/aromatic N) is 1. The minimum Gasteiger partial charge on any atom is -0.481 e. The van der Waals surface area contributed by atoms with Crippen LogP contribution >= 0.6 is 0 Å². The Morgan fingerprint density at radius 1 is 1.38 bits per heavy atom. The fourth-order valence-corrected chi connectivity index (χ4v) is 1.48. The first kappa shape index (κ1) is 10.4. The van der Waals surface area contributed by atoms with Crippen LogP contribution in [-0.4, -0.2) is 16.1 Å². The van der Waals surface area contributed by atoms with Crippen molar-refractivity contribution >= 4 is 22.9 Å². The van der Waals surface area contributed by atoms with Crippen LogP contribution in [0.2, 0.25) is 0 Å². The molecule has 16 heavy (non-hydrogen) atoms. The summed E-state index contributed by atoms with van der Waals surface area (Å²) in [5.41, 5.74) is 1.86. The van der Waals surface area contributed by atoms with Gasteiger partial charge in [0.15, 0.2) is 0 Å². The monoisotopic (exact) mass is 213 g/mol. The summed E-state index contributed by atoms with van der Waals surface area (Å²) < 4.78 is 0. The molecule has 0 atom stereocenters. The molecule has 1 aromatic heterocycles. The Kier molecular flexibility index (Phi) is 2.96. The highest BCUT2D eigenvalue weighted by atomic mass is 16.4. The minimum atomic E-state index is -0.829. The molecule has 3 nitrogen and oxygen atoms in total. The van der Waals surface area contributed by atoms with Gasteiger partial charge in [0.25, 0.3) is 0 Å². The number of pyridine rings is 1. The molecule has 0 radical (unpaired) electrons. The summed E-state index contributed by atoms with van der Waals surface area (Å²) >= 11 is 0. The van der Waals surface area contributed by atoms with Crippen molar-refractivity contribution in [2.75, 3.05) is 0 Å². The van der Waals surface area contributed by atoms with Gasteiger partial charge in [-0.25, -0.2) is 0 Å². The molecular formula is C13H11NO2. The van der Waals surface area contributed by atoms with Gasteiger partial charge in [0.1, 0.15) is 0 Å². The number of para-hydroxylation sites is 1. The van der Waals surface area contributed by atoms with Crippen molar-refractivity contribution in [1.29, 1.82) is 0 Å². The molecule has 2 rings (SSSR count). The number of carboxylic acid groups (broad SMARTS) is 1. The third-order valence-corrected chi connectivity index (χ3v) is 2.21. The summed E-state index contributed by atoms with van der Waals surface area (Å²) in [7, 11) is 0. The number of carbonyl (C=O) groups is 1. The predicted molar refractivity (Wildman–Crippen MR) is 63.0 cm³/mol. The second kappa shape index (κ2) is 4.57. The van der Waals surface area contributed by atoms with Crippen LogP contribution in [0.3, 0.4) is 0 Å². The summed E-state index contributed by atoms with van der Waals surface area (Å²) in [6.07, 6.45) is 5.16. The van der Waals surface area contributed by atoms with E-state index in [4.69, 9.17) is 5.11 Å². The zero-order valence-electron chi connectivity index (χ0n) is 8.63. The van der Waals surface area contributed by atoms with Crippen LogP contribution < -0.4 is 0 Å². The van der Waals surface area contributed by atoms with Gasteiger partial charge in [-0.1, -0.05) is 30.4 Å². The van der Waals surface area contributed by atoms with Crippen molar-refractivity contribution in [3.05, 3.63) is 48.2 Å². The van der Waals surface area contributed by atoms with Crippen molar-refractivity contribution in [1.82, 2.24) is 4.98 Å². The number of aromatic nitrogens is 1. The highest BCUT2D eigenvalue weighted by molar-refractivity contribution is 5.80. The SMILES string of the molecule is O=C(O)CC=Cc1cnc2ccccc2c1. The van der Waals surface area contributed by atoms with Crippen molar-refractivity contribution in [2.24, 2.45) is 0 Å². The molecule has 80 valence electrons. The van der Waals surface area contributed by atoms with Gasteiger partial charge in [0.05, 0.1) is 11.9 Å². The normalized spacial score (nSPS) is 11.0. The van der Waals surface area contributed by atoms with E-state index in [9.17, 15) is 4.79 Å². The number of aliphatic carboxylic acids is 1. The average Bonchev–Trinajstić information content (AvgIpc) is 2.28. The van der Waals surface area contributed by atoms with E-state index in [0.717, 1.165) is 16.5 Å². The average molecular weight is 213 g/mol. The van der Waals surface area contributed by atoms with Gasteiger partial charge in [-0.3, -0.25) is 9.78 Å². The minimum absolute atomic E-state index is 0.0346. The largest absolute Gasteiger partial charge is 0.481 e. The van der Waals surface area contributed by atoms with Gasteiger partial charge < -0.3 is 5.11 Å². The van der Waals surface area contributed by atoms with E-state index in [-0.39, 0.29) is 6.42 Å². The smallest absolute Gasteiger partial charge is 0.307 e. The van der Waals surface area contributed by atoms with Crippen molar-refractivity contribution in [3.63, 3.8) is 0 Å². The molecule has 0 saturated heterocycles. The first-order chi connectivity index (χ1) is 7.75. The lowest BCUT2D eigenvalue weighted by molar-refractivity contribution is -0.135. The lowest BCUT2D eigenvalue weighted by atomic mass is 10.1. The maximum absolute atomic E-state index is 10.3. The number of fused-ring (bicyclic) bond motifs is 1. The lowest BCUT2D eigenvalue weighted by Gasteiger charge is -1.97. The van der Waals surface area contributed by atoms with Gasteiger partial charge >= 0.3 is 5.97 Å². The van der Waals surface area contributed by atoms with E-state index in [2.05, 4.69) is 4.98 Å². The summed E-state index contributed by atoms with van der Waals surface area (Å²) in [6, 6.07) is 9.81. The van der Waals surface area contributed by atoms with Crippen LogP contribution in [0.1, 0.15) is 12.0 Å². The molecule has 1 aromatic carbocycles.